The first kappa shape index (κ1) is 23.9. The van der Waals surface area contributed by atoms with Crippen molar-refractivity contribution in [1.82, 2.24) is 19.4 Å². The number of hydrogen-bond donors (Lipinski definition) is 2. The number of aromatic nitrogens is 3. The molecular formula is C28H32ClN7O. The molecule has 9 heteroatoms. The Morgan fingerprint density at radius 1 is 1.27 bits per heavy atom. The van der Waals surface area contributed by atoms with Crippen LogP contribution in [-0.2, 0) is 6.54 Å². The van der Waals surface area contributed by atoms with Gasteiger partial charge in [-0.05, 0) is 57.1 Å². The van der Waals surface area contributed by atoms with E-state index < -0.39 is 0 Å². The van der Waals surface area contributed by atoms with Gasteiger partial charge in [-0.15, -0.1) is 0 Å². The number of nitrogen functional groups attached to an aromatic ring is 1. The van der Waals surface area contributed by atoms with Crippen LogP contribution in [0.1, 0.15) is 18.4 Å². The average Bonchev–Trinajstić information content (AvgIpc) is 3.47. The minimum absolute atomic E-state index is 0.471. The van der Waals surface area contributed by atoms with E-state index in [2.05, 4.69) is 64.0 Å². The van der Waals surface area contributed by atoms with Crippen molar-refractivity contribution in [3.63, 3.8) is 0 Å². The van der Waals surface area contributed by atoms with Crippen LogP contribution < -0.4 is 20.7 Å². The van der Waals surface area contributed by atoms with Crippen molar-refractivity contribution in [3.8, 4) is 17.0 Å². The normalized spacial score (nSPS) is 17.2. The molecule has 2 aliphatic heterocycles. The monoisotopic (exact) mass is 517 g/mol. The first-order valence-electron chi connectivity index (χ1n) is 12.7. The second-order valence-electron chi connectivity index (χ2n) is 10.1. The molecule has 3 N–H and O–H groups in total. The van der Waals surface area contributed by atoms with Crippen LogP contribution in [0.5, 0.6) is 5.75 Å². The molecule has 2 aromatic carbocycles. The lowest BCUT2D eigenvalue weighted by molar-refractivity contribution is 0.287. The molecule has 4 heterocycles. The zero-order valence-electron chi connectivity index (χ0n) is 21.5. The number of benzene rings is 2. The van der Waals surface area contributed by atoms with Crippen molar-refractivity contribution in [2.75, 3.05) is 49.7 Å². The van der Waals surface area contributed by atoms with E-state index in [-0.39, 0.29) is 0 Å². The molecule has 0 bridgehead atoms. The van der Waals surface area contributed by atoms with E-state index >= 15 is 0 Å². The summed E-state index contributed by atoms with van der Waals surface area (Å²) in [6.45, 7) is 5.62. The van der Waals surface area contributed by atoms with E-state index in [1.54, 1.807) is 6.20 Å². The van der Waals surface area contributed by atoms with Gasteiger partial charge in [0.1, 0.15) is 12.4 Å². The van der Waals surface area contributed by atoms with Gasteiger partial charge < -0.3 is 30.2 Å². The minimum atomic E-state index is 0.471. The Kier molecular flexibility index (Phi) is 6.09. The van der Waals surface area contributed by atoms with Gasteiger partial charge >= 0.3 is 0 Å². The number of hydrogen-bond acceptors (Lipinski definition) is 7. The zero-order valence-corrected chi connectivity index (χ0v) is 22.2. The van der Waals surface area contributed by atoms with Gasteiger partial charge in [0, 0.05) is 42.5 Å². The quantitative estimate of drug-likeness (QED) is 0.335. The van der Waals surface area contributed by atoms with Crippen LogP contribution in [0.15, 0.2) is 42.7 Å². The second-order valence-corrected chi connectivity index (χ2v) is 10.5. The molecule has 1 atom stereocenters. The highest BCUT2D eigenvalue weighted by Gasteiger charge is 2.24. The number of nitrogens with one attached hydrogen (secondary N) is 1. The summed E-state index contributed by atoms with van der Waals surface area (Å²) in [5.74, 6) is 1.35. The lowest BCUT2D eigenvalue weighted by Gasteiger charge is -2.29. The third-order valence-corrected chi connectivity index (χ3v) is 7.91. The lowest BCUT2D eigenvalue weighted by Crippen LogP contribution is -2.36. The molecule has 0 saturated carbocycles. The summed E-state index contributed by atoms with van der Waals surface area (Å²) >= 11 is 6.61. The Hall–Kier alpha value is -3.49. The van der Waals surface area contributed by atoms with Crippen molar-refractivity contribution in [1.29, 1.82) is 0 Å². The fourth-order valence-electron chi connectivity index (χ4n) is 5.60. The van der Waals surface area contributed by atoms with E-state index in [1.165, 1.54) is 12.8 Å². The predicted octanol–water partition coefficient (Wildman–Crippen LogP) is 5.31. The van der Waals surface area contributed by atoms with Crippen molar-refractivity contribution >= 4 is 45.5 Å². The maximum Gasteiger partial charge on any atom is 0.227 e. The zero-order chi connectivity index (χ0) is 25.7. The van der Waals surface area contributed by atoms with Crippen LogP contribution in [0.25, 0.3) is 22.2 Å². The molecule has 8 nitrogen and oxygen atoms in total. The molecule has 2 aromatic heterocycles. The van der Waals surface area contributed by atoms with Gasteiger partial charge in [-0.1, -0.05) is 23.7 Å². The summed E-state index contributed by atoms with van der Waals surface area (Å²) in [6.07, 6.45) is 6.23. The fourth-order valence-corrected chi connectivity index (χ4v) is 5.79. The molecule has 1 saturated heterocycles. The van der Waals surface area contributed by atoms with Gasteiger partial charge in [0.2, 0.25) is 5.95 Å². The predicted molar refractivity (Wildman–Crippen MR) is 151 cm³/mol. The number of para-hydroxylation sites is 1. The van der Waals surface area contributed by atoms with Gasteiger partial charge in [0.15, 0.2) is 0 Å². The topological polar surface area (TPSA) is 84.5 Å². The summed E-state index contributed by atoms with van der Waals surface area (Å²) in [5, 5.41) is 4.93. The number of halogens is 1. The molecular weight excluding hydrogens is 486 g/mol. The molecule has 0 aliphatic carbocycles. The van der Waals surface area contributed by atoms with E-state index in [0.29, 0.717) is 29.3 Å². The second kappa shape index (κ2) is 9.43. The SMILES string of the molecule is Cc1cc(N(C)CC2CCCN2C)c(N)cc1Nc1ncc(Cl)c(-c2cn3c4c(cccc24)OCC3)n1. The highest BCUT2D eigenvalue weighted by molar-refractivity contribution is 6.33. The standard InChI is InChI=1S/C28H32ClN7O/c1-17-12-24(35(3)15-18-6-5-9-34(18)2)22(30)13-23(17)32-28-31-14-21(29)26(33-28)20-16-36-10-11-37-25-8-4-7-19(20)27(25)36/h4,7-8,12-14,16,18H,5-6,9-11,15,30H2,1-3H3,(H,31,32,33). The molecule has 6 rings (SSSR count). The van der Waals surface area contributed by atoms with Gasteiger partial charge in [0.25, 0.3) is 0 Å². The first-order chi connectivity index (χ1) is 17.9. The molecule has 0 spiro atoms. The van der Waals surface area contributed by atoms with Crippen LogP contribution in [0.2, 0.25) is 5.02 Å². The molecule has 1 fully saturated rings. The average molecular weight is 518 g/mol. The Morgan fingerprint density at radius 2 is 2.14 bits per heavy atom. The third-order valence-electron chi connectivity index (χ3n) is 7.64. The third kappa shape index (κ3) is 4.34. The summed E-state index contributed by atoms with van der Waals surface area (Å²) in [5.41, 5.74) is 12.9. The van der Waals surface area contributed by atoms with Crippen LogP contribution >= 0.6 is 11.6 Å². The number of anilines is 4. The number of ether oxygens (including phenoxy) is 1. The van der Waals surface area contributed by atoms with E-state index in [1.807, 2.05) is 18.2 Å². The molecule has 192 valence electrons. The van der Waals surface area contributed by atoms with Crippen molar-refractivity contribution in [2.45, 2.75) is 32.4 Å². The number of likely N-dealkylation sites (N-methyl/N-ethyl adjacent to an activating group) is 2. The van der Waals surface area contributed by atoms with Gasteiger partial charge in [-0.25, -0.2) is 9.97 Å². The maximum absolute atomic E-state index is 6.61. The number of nitrogens with zero attached hydrogens (tertiary/aromatic N) is 5. The smallest absolute Gasteiger partial charge is 0.227 e. The number of likely N-dealkylation sites (tertiary alicyclic amines) is 1. The molecule has 4 aromatic rings. The molecule has 0 amide bonds. The van der Waals surface area contributed by atoms with E-state index in [4.69, 9.17) is 27.1 Å². The van der Waals surface area contributed by atoms with Crippen molar-refractivity contribution in [2.24, 2.45) is 0 Å². The van der Waals surface area contributed by atoms with Crippen LogP contribution in [0.3, 0.4) is 0 Å². The molecule has 0 radical (unpaired) electrons. The number of rotatable bonds is 6. The largest absolute Gasteiger partial charge is 0.490 e. The highest BCUT2D eigenvalue weighted by Crippen LogP contribution is 2.39. The van der Waals surface area contributed by atoms with Crippen LogP contribution in [0, 0.1) is 6.92 Å². The van der Waals surface area contributed by atoms with Crippen molar-refractivity contribution < 1.29 is 4.74 Å². The maximum atomic E-state index is 6.61. The summed E-state index contributed by atoms with van der Waals surface area (Å²) in [6, 6.07) is 10.7. The number of aryl methyl sites for hydroxylation is 1. The Labute approximate surface area is 222 Å². The highest BCUT2D eigenvalue weighted by atomic mass is 35.5. The van der Waals surface area contributed by atoms with Crippen molar-refractivity contribution in [3.05, 3.63) is 53.3 Å². The van der Waals surface area contributed by atoms with E-state index in [0.717, 1.165) is 64.5 Å². The van der Waals surface area contributed by atoms with Gasteiger partial charge in [0.05, 0.1) is 40.3 Å². The molecule has 37 heavy (non-hydrogen) atoms. The Morgan fingerprint density at radius 3 is 2.95 bits per heavy atom. The lowest BCUT2D eigenvalue weighted by atomic mass is 10.1. The fraction of sp³-hybridized carbons (Fsp3) is 0.357. The molecule has 2 aliphatic rings. The van der Waals surface area contributed by atoms with Crippen LogP contribution in [-0.4, -0.2) is 59.3 Å². The first-order valence-corrected chi connectivity index (χ1v) is 13.1. The van der Waals surface area contributed by atoms with Gasteiger partial charge in [-0.3, -0.25) is 0 Å². The number of nitrogens with two attached hydrogens (primary N) is 1. The summed E-state index contributed by atoms with van der Waals surface area (Å²) < 4.78 is 8.06. The van der Waals surface area contributed by atoms with Crippen LogP contribution in [0.4, 0.5) is 23.0 Å². The van der Waals surface area contributed by atoms with E-state index in [9.17, 15) is 0 Å². The minimum Gasteiger partial charge on any atom is -0.490 e. The summed E-state index contributed by atoms with van der Waals surface area (Å²) in [4.78, 5) is 14.0. The molecule has 1 unspecified atom stereocenters. The Bertz CT molecular complexity index is 1480. The Balaban J connectivity index is 1.29. The van der Waals surface area contributed by atoms with Gasteiger partial charge in [-0.2, -0.15) is 0 Å². The summed E-state index contributed by atoms with van der Waals surface area (Å²) in [7, 11) is 4.31.